The highest BCUT2D eigenvalue weighted by Gasteiger charge is 2.40. The highest BCUT2D eigenvalue weighted by Crippen LogP contribution is 2.45. The number of hydrogen-bond donors (Lipinski definition) is 2. The molecule has 6 nitrogen and oxygen atoms in total. The summed E-state index contributed by atoms with van der Waals surface area (Å²) in [6.45, 7) is 2.20. The van der Waals surface area contributed by atoms with E-state index in [2.05, 4.69) is 15.5 Å². The molecule has 0 fully saturated rings. The van der Waals surface area contributed by atoms with Crippen LogP contribution in [0.1, 0.15) is 22.7 Å². The number of hydrogen-bond acceptors (Lipinski definition) is 5. The van der Waals surface area contributed by atoms with E-state index in [1.807, 2.05) is 61.5 Å². The molecule has 2 aromatic carbocycles. The van der Waals surface area contributed by atoms with Gasteiger partial charge in [0.15, 0.2) is 5.82 Å². The molecule has 27 heavy (non-hydrogen) atoms. The van der Waals surface area contributed by atoms with Crippen molar-refractivity contribution >= 4 is 11.8 Å². The number of rotatable bonds is 3. The Kier molecular flexibility index (Phi) is 3.50. The van der Waals surface area contributed by atoms with Crippen molar-refractivity contribution < 1.29 is 14.3 Å². The van der Waals surface area contributed by atoms with E-state index < -0.39 is 0 Å². The molecule has 6 heteroatoms. The largest absolute Gasteiger partial charge is 0.457 e. The number of nitrogens with one attached hydrogen (secondary N) is 2. The van der Waals surface area contributed by atoms with Crippen molar-refractivity contribution in [1.29, 1.82) is 0 Å². The van der Waals surface area contributed by atoms with Gasteiger partial charge < -0.3 is 14.8 Å². The van der Waals surface area contributed by atoms with E-state index >= 15 is 0 Å². The molecular weight excluding hydrogens is 342 g/mol. The van der Waals surface area contributed by atoms with Gasteiger partial charge in [-0.05, 0) is 36.8 Å². The van der Waals surface area contributed by atoms with Crippen LogP contribution in [0.5, 0.6) is 11.5 Å². The van der Waals surface area contributed by atoms with Crippen molar-refractivity contribution in [2.24, 2.45) is 0 Å². The van der Waals surface area contributed by atoms with E-state index in [9.17, 15) is 4.79 Å². The Balaban J connectivity index is 1.60. The number of para-hydroxylation sites is 1. The third-order valence-electron chi connectivity index (χ3n) is 4.90. The molecule has 1 atom stereocenters. The number of carbonyl (C=O) groups is 1. The fourth-order valence-corrected chi connectivity index (χ4v) is 3.70. The first-order chi connectivity index (χ1) is 13.2. The minimum Gasteiger partial charge on any atom is -0.457 e. The summed E-state index contributed by atoms with van der Waals surface area (Å²) in [7, 11) is 0. The molecule has 0 radical (unpaired) electrons. The van der Waals surface area contributed by atoms with Gasteiger partial charge in [0.1, 0.15) is 18.1 Å². The number of benzene rings is 2. The lowest BCUT2D eigenvalue weighted by Crippen LogP contribution is -2.19. The van der Waals surface area contributed by atoms with Crippen LogP contribution in [0.4, 0.5) is 5.82 Å². The number of esters is 1. The second-order valence-corrected chi connectivity index (χ2v) is 6.62. The molecule has 3 heterocycles. The van der Waals surface area contributed by atoms with Crippen LogP contribution in [0.3, 0.4) is 0 Å². The fourth-order valence-electron chi connectivity index (χ4n) is 3.70. The van der Waals surface area contributed by atoms with Crippen LogP contribution in [-0.4, -0.2) is 22.8 Å². The highest BCUT2D eigenvalue weighted by molar-refractivity contribution is 5.97. The van der Waals surface area contributed by atoms with E-state index in [0.717, 1.165) is 34.1 Å². The number of aromatic amines is 1. The monoisotopic (exact) mass is 359 g/mol. The molecule has 2 N–H and O–H groups in total. The van der Waals surface area contributed by atoms with Crippen molar-refractivity contribution in [2.45, 2.75) is 12.8 Å². The van der Waals surface area contributed by atoms with Crippen LogP contribution in [0.25, 0.3) is 0 Å². The van der Waals surface area contributed by atoms with Gasteiger partial charge in [0.2, 0.25) is 0 Å². The predicted octanol–water partition coefficient (Wildman–Crippen LogP) is 3.88. The first-order valence-corrected chi connectivity index (χ1v) is 8.75. The minimum absolute atomic E-state index is 0.246. The molecular formula is C21H17N3O3. The molecule has 5 rings (SSSR count). The Morgan fingerprint density at radius 3 is 2.78 bits per heavy atom. The molecule has 0 unspecified atom stereocenters. The van der Waals surface area contributed by atoms with Crippen molar-refractivity contribution in [2.75, 3.05) is 11.9 Å². The summed E-state index contributed by atoms with van der Waals surface area (Å²) in [5.41, 5.74) is 4.26. The lowest BCUT2D eigenvalue weighted by Gasteiger charge is -2.24. The van der Waals surface area contributed by atoms with Crippen LogP contribution in [0.2, 0.25) is 0 Å². The number of nitrogens with zero attached hydrogens (tertiary/aromatic N) is 1. The van der Waals surface area contributed by atoms with Crippen LogP contribution < -0.4 is 10.1 Å². The summed E-state index contributed by atoms with van der Waals surface area (Å²) in [4.78, 5) is 12.4. The van der Waals surface area contributed by atoms with Gasteiger partial charge in [-0.25, -0.2) is 4.79 Å². The van der Waals surface area contributed by atoms with Crippen LogP contribution in [0.15, 0.2) is 65.9 Å². The van der Waals surface area contributed by atoms with Crippen LogP contribution >= 0.6 is 0 Å². The summed E-state index contributed by atoms with van der Waals surface area (Å²) < 4.78 is 11.2. The normalized spacial score (nSPS) is 17.8. The van der Waals surface area contributed by atoms with E-state index in [0.29, 0.717) is 11.3 Å². The molecule has 0 amide bonds. The Morgan fingerprint density at radius 1 is 1.11 bits per heavy atom. The van der Waals surface area contributed by atoms with Gasteiger partial charge in [-0.1, -0.05) is 30.3 Å². The van der Waals surface area contributed by atoms with Gasteiger partial charge in [-0.2, -0.15) is 5.10 Å². The zero-order chi connectivity index (χ0) is 18.4. The second-order valence-electron chi connectivity index (χ2n) is 6.62. The van der Waals surface area contributed by atoms with E-state index in [1.54, 1.807) is 0 Å². The lowest BCUT2D eigenvalue weighted by atomic mass is 9.82. The van der Waals surface area contributed by atoms with Gasteiger partial charge in [-0.3, -0.25) is 5.10 Å². The third-order valence-corrected chi connectivity index (χ3v) is 4.90. The maximum Gasteiger partial charge on any atom is 0.337 e. The molecule has 1 aromatic heterocycles. The molecule has 2 aliphatic rings. The first kappa shape index (κ1) is 15.7. The molecule has 0 bridgehead atoms. The Hall–Kier alpha value is -3.54. The van der Waals surface area contributed by atoms with Crippen molar-refractivity contribution in [3.05, 3.63) is 82.7 Å². The van der Waals surface area contributed by atoms with Gasteiger partial charge >= 0.3 is 5.97 Å². The average molecular weight is 359 g/mol. The van der Waals surface area contributed by atoms with Crippen molar-refractivity contribution in [3.63, 3.8) is 0 Å². The molecule has 0 aliphatic carbocycles. The molecule has 134 valence electrons. The first-order valence-electron chi connectivity index (χ1n) is 8.75. The maximum atomic E-state index is 12.4. The number of aromatic nitrogens is 2. The Labute approximate surface area is 155 Å². The zero-order valence-electron chi connectivity index (χ0n) is 14.7. The SMILES string of the molecule is Cc1[nH]nc2c1[C@@H](c1cccc(Oc3ccccc3)c1)C1=C(COC1=O)N2. The van der Waals surface area contributed by atoms with E-state index in [1.165, 1.54) is 0 Å². The number of H-pyrrole nitrogens is 1. The van der Waals surface area contributed by atoms with E-state index in [-0.39, 0.29) is 18.5 Å². The number of carbonyl (C=O) groups excluding carboxylic acids is 1. The Morgan fingerprint density at radius 2 is 1.93 bits per heavy atom. The summed E-state index contributed by atoms with van der Waals surface area (Å²) >= 11 is 0. The van der Waals surface area contributed by atoms with Gasteiger partial charge in [0.05, 0.1) is 11.3 Å². The number of ether oxygens (including phenoxy) is 2. The summed E-state index contributed by atoms with van der Waals surface area (Å²) in [6, 6.07) is 17.4. The van der Waals surface area contributed by atoms with Crippen LogP contribution in [0, 0.1) is 6.92 Å². The molecule has 0 saturated heterocycles. The fraction of sp³-hybridized carbons (Fsp3) is 0.143. The summed E-state index contributed by atoms with van der Waals surface area (Å²) in [5.74, 6) is 1.69. The number of fused-ring (bicyclic) bond motifs is 1. The van der Waals surface area contributed by atoms with Gasteiger partial charge in [-0.15, -0.1) is 0 Å². The lowest BCUT2D eigenvalue weighted by molar-refractivity contribution is -0.136. The maximum absolute atomic E-state index is 12.4. The molecule has 0 saturated carbocycles. The second kappa shape index (κ2) is 6.02. The van der Waals surface area contributed by atoms with Crippen molar-refractivity contribution in [3.8, 4) is 11.5 Å². The summed E-state index contributed by atoms with van der Waals surface area (Å²) in [5, 5.41) is 10.6. The van der Waals surface area contributed by atoms with Crippen molar-refractivity contribution in [1.82, 2.24) is 10.2 Å². The quantitative estimate of drug-likeness (QED) is 0.694. The zero-order valence-corrected chi connectivity index (χ0v) is 14.7. The number of anilines is 1. The number of cyclic esters (lactones) is 1. The highest BCUT2D eigenvalue weighted by atomic mass is 16.5. The van der Waals surface area contributed by atoms with Crippen LogP contribution in [-0.2, 0) is 9.53 Å². The predicted molar refractivity (Wildman–Crippen MR) is 99.7 cm³/mol. The number of aryl methyl sites for hydroxylation is 1. The minimum atomic E-state index is -0.289. The van der Waals surface area contributed by atoms with Gasteiger partial charge in [0, 0.05) is 17.2 Å². The summed E-state index contributed by atoms with van der Waals surface area (Å²) in [6.07, 6.45) is 0. The van der Waals surface area contributed by atoms with E-state index in [4.69, 9.17) is 9.47 Å². The smallest absolute Gasteiger partial charge is 0.337 e. The molecule has 0 spiro atoms. The average Bonchev–Trinajstić information content (AvgIpc) is 3.24. The third kappa shape index (κ3) is 2.57. The molecule has 2 aliphatic heterocycles. The topological polar surface area (TPSA) is 76.2 Å². The van der Waals surface area contributed by atoms with Gasteiger partial charge in [0.25, 0.3) is 0 Å². The Bertz CT molecular complexity index is 1070. The standard InChI is InChI=1S/C21H17N3O3/c1-12-17-18(19-16(11-26-21(19)25)22-20(17)24-23-12)13-6-5-9-15(10-13)27-14-7-3-2-4-8-14/h2-10,18H,11H2,1H3,(H2,22,23,24)/t18-/m1/s1. The molecule has 3 aromatic rings.